The zero-order valence-corrected chi connectivity index (χ0v) is 24.6. The Labute approximate surface area is 263 Å². The summed E-state index contributed by atoms with van der Waals surface area (Å²) in [6.45, 7) is 0. The molecule has 0 aliphatic carbocycles. The lowest BCUT2D eigenvalue weighted by atomic mass is 10.0. The van der Waals surface area contributed by atoms with Crippen LogP contribution in [0, 0.1) is 0 Å². The largest absolute Gasteiger partial charge is 0.324 e. The summed E-state index contributed by atoms with van der Waals surface area (Å²) in [6.07, 6.45) is 1.52. The van der Waals surface area contributed by atoms with Gasteiger partial charge in [0.2, 0.25) is 34.4 Å². The summed E-state index contributed by atoms with van der Waals surface area (Å²) >= 11 is 12.5. The molecule has 0 amide bonds. The molecule has 0 fully saturated rings. The summed E-state index contributed by atoms with van der Waals surface area (Å²) in [7, 11) is 0. The Balaban J connectivity index is 1.19. The van der Waals surface area contributed by atoms with E-state index in [0.717, 1.165) is 57.8 Å². The van der Waals surface area contributed by atoms with E-state index in [4.69, 9.17) is 23.2 Å². The van der Waals surface area contributed by atoms with Gasteiger partial charge in [-0.15, -0.1) is 0 Å². The van der Waals surface area contributed by atoms with E-state index in [1.807, 2.05) is 48.5 Å². The van der Waals surface area contributed by atoms with Crippen LogP contribution >= 0.6 is 23.2 Å². The Bertz CT molecular complexity index is 1640. The van der Waals surface area contributed by atoms with Gasteiger partial charge in [0, 0.05) is 22.7 Å². The van der Waals surface area contributed by atoms with E-state index in [1.165, 1.54) is 0 Å². The Morgan fingerprint density at radius 1 is 0.341 bits per heavy atom. The molecule has 0 saturated heterocycles. The maximum absolute atomic E-state index is 6.23. The van der Waals surface area contributed by atoms with E-state index in [0.29, 0.717) is 23.8 Å². The highest BCUT2D eigenvalue weighted by atomic mass is 35.5. The van der Waals surface area contributed by atoms with Crippen molar-refractivity contribution >= 4 is 69.7 Å². The highest BCUT2D eigenvalue weighted by Gasteiger charge is 2.09. The molecule has 12 bridgehead atoms. The minimum atomic E-state index is 0.0893. The molecule has 44 heavy (non-hydrogen) atoms. The smallest absolute Gasteiger partial charge is 0.233 e. The molecule has 9 heterocycles. The van der Waals surface area contributed by atoms with Crippen molar-refractivity contribution in [2.45, 2.75) is 12.8 Å². The SMILES string of the molecule is Clc1nc2nc(n1)Nc1ccc(cc1)Cc1ccc(cc1)Nc1nc(Cl)nc(n1)Nc1ccc(cc1)Cc1ccc(cc1)N2. The molecule has 4 aromatic carbocycles. The van der Waals surface area contributed by atoms with E-state index in [1.54, 1.807) is 0 Å². The van der Waals surface area contributed by atoms with Crippen molar-refractivity contribution in [1.29, 1.82) is 0 Å². The van der Waals surface area contributed by atoms with Gasteiger partial charge in [0.25, 0.3) is 0 Å². The average Bonchev–Trinajstić information content (AvgIpc) is 3.00. The number of nitrogens with zero attached hydrogens (tertiary/aromatic N) is 6. The number of halogens is 2. The Hall–Kier alpha value is -5.32. The lowest BCUT2D eigenvalue weighted by molar-refractivity contribution is 1.06. The number of rotatable bonds is 0. The van der Waals surface area contributed by atoms with Gasteiger partial charge < -0.3 is 21.3 Å². The van der Waals surface area contributed by atoms with Crippen LogP contribution in [0.2, 0.25) is 10.6 Å². The van der Waals surface area contributed by atoms with E-state index in [-0.39, 0.29) is 10.6 Å². The third kappa shape index (κ3) is 6.83. The van der Waals surface area contributed by atoms with Crippen LogP contribution in [0.1, 0.15) is 22.3 Å². The summed E-state index contributed by atoms with van der Waals surface area (Å²) in [6, 6.07) is 32.3. The van der Waals surface area contributed by atoms with Gasteiger partial charge in [-0.1, -0.05) is 48.5 Å². The topological polar surface area (TPSA) is 125 Å². The Morgan fingerprint density at radius 3 is 0.795 bits per heavy atom. The molecule has 0 radical (unpaired) electrons. The van der Waals surface area contributed by atoms with Gasteiger partial charge >= 0.3 is 0 Å². The van der Waals surface area contributed by atoms with Crippen LogP contribution < -0.4 is 21.3 Å². The Morgan fingerprint density at radius 2 is 0.568 bits per heavy atom. The first-order chi connectivity index (χ1) is 21.5. The molecule has 10 nitrogen and oxygen atoms in total. The van der Waals surface area contributed by atoms with Crippen LogP contribution in [0.5, 0.6) is 0 Å². The van der Waals surface area contributed by atoms with Crippen LogP contribution in [-0.2, 0) is 12.8 Å². The standard InChI is InChI=1S/C32H24Cl2N10/c33-27-39-29-35-23-9-1-19(2-10-23)17-20-3-11-24(12-4-20)36-31-41-28(34)42-32(44-31)38-26-15-7-22(8-16-26)18-21-5-13-25(14-6-21)37-30(40-27)43-29/h1-16H,17-18H2,(H2,35,37,39,40,43)(H2,36,38,41,42,44). The second kappa shape index (κ2) is 12.1. The third-order valence-electron chi connectivity index (χ3n) is 6.87. The highest BCUT2D eigenvalue weighted by molar-refractivity contribution is 6.28. The number of anilines is 8. The van der Waals surface area contributed by atoms with E-state index in [2.05, 4.69) is 99.7 Å². The summed E-state index contributed by atoms with van der Waals surface area (Å²) in [5, 5.41) is 13.0. The third-order valence-corrected chi connectivity index (χ3v) is 7.21. The fraction of sp³-hybridized carbons (Fsp3) is 0.0625. The number of hydrogen-bond donors (Lipinski definition) is 4. The maximum atomic E-state index is 6.23. The van der Waals surface area contributed by atoms with Crippen molar-refractivity contribution in [3.05, 3.63) is 130 Å². The molecule has 0 atom stereocenters. The average molecular weight is 620 g/mol. The first-order valence-electron chi connectivity index (χ1n) is 13.8. The Kier molecular flexibility index (Phi) is 7.58. The van der Waals surface area contributed by atoms with Gasteiger partial charge in [-0.25, -0.2) is 0 Å². The fourth-order valence-corrected chi connectivity index (χ4v) is 5.06. The zero-order valence-electron chi connectivity index (χ0n) is 23.1. The van der Waals surface area contributed by atoms with Crippen molar-refractivity contribution in [2.75, 3.05) is 21.3 Å². The van der Waals surface area contributed by atoms with Crippen molar-refractivity contribution in [3.8, 4) is 0 Å². The predicted octanol–water partition coefficient (Wildman–Crippen LogP) is 7.83. The molecule has 6 aromatic rings. The van der Waals surface area contributed by atoms with Gasteiger partial charge in [0.15, 0.2) is 0 Å². The van der Waals surface area contributed by atoms with E-state index < -0.39 is 0 Å². The number of aromatic nitrogens is 6. The molecule has 2 aromatic heterocycles. The van der Waals surface area contributed by atoms with Crippen LogP contribution in [0.25, 0.3) is 0 Å². The summed E-state index contributed by atoms with van der Waals surface area (Å²) in [5.41, 5.74) is 7.92. The van der Waals surface area contributed by atoms with Gasteiger partial charge in [-0.2, -0.15) is 29.9 Å². The first kappa shape index (κ1) is 27.5. The minimum Gasteiger partial charge on any atom is -0.324 e. The van der Waals surface area contributed by atoms with Gasteiger partial charge in [-0.05, 0) is 107 Å². The second-order valence-electron chi connectivity index (χ2n) is 10.1. The van der Waals surface area contributed by atoms with Gasteiger partial charge in [-0.3, -0.25) is 0 Å². The normalized spacial score (nSPS) is 12.4. The second-order valence-corrected chi connectivity index (χ2v) is 10.8. The molecule has 0 spiro atoms. The maximum Gasteiger partial charge on any atom is 0.233 e. The summed E-state index contributed by atoms with van der Waals surface area (Å²) in [5.74, 6) is 1.38. The van der Waals surface area contributed by atoms with Crippen LogP contribution in [0.4, 0.5) is 46.5 Å². The van der Waals surface area contributed by atoms with Gasteiger partial charge in [0.05, 0.1) is 0 Å². The van der Waals surface area contributed by atoms with Crippen molar-refractivity contribution < 1.29 is 0 Å². The highest BCUT2D eigenvalue weighted by Crippen LogP contribution is 2.24. The van der Waals surface area contributed by atoms with Crippen molar-refractivity contribution in [3.63, 3.8) is 0 Å². The molecular formula is C32H24Cl2N10. The fourth-order valence-electron chi connectivity index (χ4n) is 4.74. The molecule has 0 saturated carbocycles. The molecule has 216 valence electrons. The number of nitrogens with one attached hydrogen (secondary N) is 4. The zero-order chi connectivity index (χ0) is 29.9. The molecule has 7 aliphatic rings. The molecular weight excluding hydrogens is 595 g/mol. The van der Waals surface area contributed by atoms with Crippen LogP contribution in [0.3, 0.4) is 0 Å². The molecule has 0 unspecified atom stereocenters. The van der Waals surface area contributed by atoms with E-state index in [9.17, 15) is 0 Å². The summed E-state index contributed by atoms with van der Waals surface area (Å²) in [4.78, 5) is 25.9. The van der Waals surface area contributed by atoms with Crippen LogP contribution in [0.15, 0.2) is 97.1 Å². The lowest BCUT2D eigenvalue weighted by Crippen LogP contribution is -2.04. The molecule has 13 rings (SSSR count). The predicted molar refractivity (Wildman–Crippen MR) is 174 cm³/mol. The summed E-state index contributed by atoms with van der Waals surface area (Å²) < 4.78 is 0. The van der Waals surface area contributed by atoms with Crippen molar-refractivity contribution in [1.82, 2.24) is 29.9 Å². The van der Waals surface area contributed by atoms with Crippen LogP contribution in [-0.4, -0.2) is 29.9 Å². The molecule has 12 heteroatoms. The molecule has 7 aliphatic heterocycles. The molecule has 4 N–H and O–H groups in total. The minimum absolute atomic E-state index is 0.0893. The van der Waals surface area contributed by atoms with E-state index >= 15 is 0 Å². The van der Waals surface area contributed by atoms with Crippen molar-refractivity contribution in [2.24, 2.45) is 0 Å². The lowest BCUT2D eigenvalue weighted by Gasteiger charge is -2.11. The number of benzene rings is 4. The monoisotopic (exact) mass is 618 g/mol. The first-order valence-corrected chi connectivity index (χ1v) is 14.5. The quantitative estimate of drug-likeness (QED) is 0.133. The number of hydrogen-bond acceptors (Lipinski definition) is 10. The van der Waals surface area contributed by atoms with Gasteiger partial charge in [0.1, 0.15) is 0 Å².